The topological polar surface area (TPSA) is 136 Å². The lowest BCUT2D eigenvalue weighted by Gasteiger charge is -2.27. The van der Waals surface area contributed by atoms with Crippen LogP contribution in [-0.4, -0.2) is 93.5 Å². The smallest absolute Gasteiger partial charge is 0.328 e. The molecule has 2 aromatic rings. The van der Waals surface area contributed by atoms with Crippen LogP contribution >= 0.6 is 0 Å². The molecule has 3 N–H and O–H groups in total. The van der Waals surface area contributed by atoms with Crippen molar-refractivity contribution in [2.24, 2.45) is 0 Å². The van der Waals surface area contributed by atoms with Gasteiger partial charge in [0.2, 0.25) is 11.8 Å². The normalized spacial score (nSPS) is 15.1. The summed E-state index contributed by atoms with van der Waals surface area (Å²) in [5.74, 6) is -0.783. The van der Waals surface area contributed by atoms with Gasteiger partial charge in [0, 0.05) is 19.5 Å². The minimum atomic E-state index is -1.23. The van der Waals surface area contributed by atoms with Gasteiger partial charge in [-0.05, 0) is 23.3 Å². The second kappa shape index (κ2) is 14.9. The monoisotopic (exact) mass is 529 g/mol. The van der Waals surface area contributed by atoms with Crippen molar-refractivity contribution in [2.45, 2.75) is 25.1 Å². The molecule has 0 spiro atoms. The van der Waals surface area contributed by atoms with Crippen molar-refractivity contribution < 1.29 is 38.4 Å². The Hall–Kier alpha value is -3.67. The van der Waals surface area contributed by atoms with Crippen molar-refractivity contribution >= 4 is 17.8 Å². The molecule has 38 heavy (non-hydrogen) atoms. The highest BCUT2D eigenvalue weighted by Crippen LogP contribution is 2.29. The van der Waals surface area contributed by atoms with Gasteiger partial charge in [-0.3, -0.25) is 14.5 Å². The fraction of sp³-hybridized carbons (Fsp3) is 0.444. The van der Waals surface area contributed by atoms with Crippen molar-refractivity contribution in [1.29, 1.82) is 0 Å². The van der Waals surface area contributed by atoms with E-state index < -0.39 is 36.5 Å². The summed E-state index contributed by atoms with van der Waals surface area (Å²) in [7, 11) is 2.75. The van der Waals surface area contributed by atoms with Crippen molar-refractivity contribution in [1.82, 2.24) is 15.5 Å². The average Bonchev–Trinajstić information content (AvgIpc) is 2.95. The highest BCUT2D eigenvalue weighted by atomic mass is 16.5. The van der Waals surface area contributed by atoms with E-state index >= 15 is 0 Å². The van der Waals surface area contributed by atoms with Crippen LogP contribution in [0.5, 0.6) is 11.5 Å². The lowest BCUT2D eigenvalue weighted by atomic mass is 10.0. The number of nitrogens with zero attached hydrogens (tertiary/aromatic N) is 1. The zero-order valence-electron chi connectivity index (χ0n) is 21.7. The van der Waals surface area contributed by atoms with Crippen molar-refractivity contribution in [3.05, 3.63) is 59.7 Å². The quantitative estimate of drug-likeness (QED) is 0.313. The zero-order chi connectivity index (χ0) is 27.3. The minimum Gasteiger partial charge on any atom is -0.493 e. The van der Waals surface area contributed by atoms with Crippen molar-refractivity contribution in [3.63, 3.8) is 0 Å². The highest BCUT2D eigenvalue weighted by Gasteiger charge is 2.28. The lowest BCUT2D eigenvalue weighted by Crippen LogP contribution is -2.55. The molecule has 0 bridgehead atoms. The fourth-order valence-electron chi connectivity index (χ4n) is 3.94. The number of methoxy groups -OCH3 is 2. The third-order valence-corrected chi connectivity index (χ3v) is 6.01. The van der Waals surface area contributed by atoms with Crippen LogP contribution in [0, 0.1) is 0 Å². The van der Waals surface area contributed by atoms with Crippen LogP contribution in [0.3, 0.4) is 0 Å². The van der Waals surface area contributed by atoms with Crippen LogP contribution in [0.4, 0.5) is 0 Å². The second-order valence-electron chi connectivity index (χ2n) is 8.74. The number of amides is 2. The van der Waals surface area contributed by atoms with E-state index in [2.05, 4.69) is 10.6 Å². The van der Waals surface area contributed by atoms with E-state index in [1.807, 2.05) is 35.2 Å². The SMILES string of the molecule is COC(=O)C(Cc1ccc(OC)c(OCc2ccccc2)c1)NC(=O)C(CO)NC(=O)CN1CCOCC1. The number of esters is 1. The molecule has 1 aliphatic heterocycles. The van der Waals surface area contributed by atoms with E-state index in [9.17, 15) is 19.5 Å². The molecule has 0 aromatic heterocycles. The summed E-state index contributed by atoms with van der Waals surface area (Å²) in [6.07, 6.45) is 0.0873. The van der Waals surface area contributed by atoms with E-state index in [4.69, 9.17) is 18.9 Å². The Morgan fingerprint density at radius 3 is 2.37 bits per heavy atom. The van der Waals surface area contributed by atoms with Gasteiger partial charge in [0.1, 0.15) is 18.7 Å². The van der Waals surface area contributed by atoms with Gasteiger partial charge < -0.3 is 34.7 Å². The van der Waals surface area contributed by atoms with Gasteiger partial charge in [0.05, 0.1) is 40.6 Å². The predicted molar refractivity (Wildman–Crippen MR) is 138 cm³/mol. The van der Waals surface area contributed by atoms with E-state index in [0.717, 1.165) is 5.56 Å². The standard InChI is InChI=1S/C27H35N3O8/c1-35-23-9-8-20(15-24(23)38-18-19-6-4-3-5-7-19)14-21(27(34)36-2)29-26(33)22(17-31)28-25(32)16-30-10-12-37-13-11-30/h3-9,15,21-22,31H,10-14,16-18H2,1-2H3,(H,28,32)(H,29,33). The molecule has 0 saturated carbocycles. The molecular formula is C27H35N3O8. The van der Waals surface area contributed by atoms with Crippen LogP contribution in [0.25, 0.3) is 0 Å². The molecule has 1 saturated heterocycles. The number of aliphatic hydroxyl groups excluding tert-OH is 1. The first kappa shape index (κ1) is 28.9. The Morgan fingerprint density at radius 2 is 1.71 bits per heavy atom. The first-order chi connectivity index (χ1) is 18.4. The second-order valence-corrected chi connectivity index (χ2v) is 8.74. The first-order valence-electron chi connectivity index (χ1n) is 12.4. The molecule has 2 amide bonds. The molecule has 206 valence electrons. The van der Waals surface area contributed by atoms with Gasteiger partial charge in [0.25, 0.3) is 0 Å². The maximum absolute atomic E-state index is 12.9. The Labute approximate surface area is 222 Å². The van der Waals surface area contributed by atoms with Crippen LogP contribution in [0.2, 0.25) is 0 Å². The number of morpholine rings is 1. The zero-order valence-corrected chi connectivity index (χ0v) is 21.7. The van der Waals surface area contributed by atoms with Crippen molar-refractivity contribution in [2.75, 3.05) is 53.7 Å². The van der Waals surface area contributed by atoms with Gasteiger partial charge in [-0.15, -0.1) is 0 Å². The maximum atomic E-state index is 12.9. The Balaban J connectivity index is 1.65. The molecule has 2 unspecified atom stereocenters. The van der Waals surface area contributed by atoms with Gasteiger partial charge in [-0.2, -0.15) is 0 Å². The molecule has 11 nitrogen and oxygen atoms in total. The number of carbonyl (C=O) groups is 3. The molecule has 0 radical (unpaired) electrons. The van der Waals surface area contributed by atoms with Crippen LogP contribution < -0.4 is 20.1 Å². The third kappa shape index (κ3) is 8.72. The molecule has 2 atom stereocenters. The summed E-state index contributed by atoms with van der Waals surface area (Å²) in [5.41, 5.74) is 1.66. The molecule has 1 heterocycles. The Morgan fingerprint density at radius 1 is 0.974 bits per heavy atom. The number of carbonyl (C=O) groups excluding carboxylic acids is 3. The summed E-state index contributed by atoms with van der Waals surface area (Å²) in [5, 5.41) is 14.9. The van der Waals surface area contributed by atoms with Gasteiger partial charge in [-0.25, -0.2) is 4.79 Å². The summed E-state index contributed by atoms with van der Waals surface area (Å²) in [6.45, 7) is 2.03. The van der Waals surface area contributed by atoms with Crippen LogP contribution in [0.1, 0.15) is 11.1 Å². The minimum absolute atomic E-state index is 0.0746. The number of hydrogen-bond acceptors (Lipinski definition) is 9. The van der Waals surface area contributed by atoms with Gasteiger partial charge in [0.15, 0.2) is 11.5 Å². The Bertz CT molecular complexity index is 1060. The van der Waals surface area contributed by atoms with Gasteiger partial charge >= 0.3 is 5.97 Å². The average molecular weight is 530 g/mol. The van der Waals surface area contributed by atoms with Crippen LogP contribution in [-0.2, 0) is 36.9 Å². The number of aliphatic hydroxyl groups is 1. The summed E-state index contributed by atoms with van der Waals surface area (Å²) in [6, 6.07) is 12.6. The number of ether oxygens (including phenoxy) is 4. The first-order valence-corrected chi connectivity index (χ1v) is 12.4. The van der Waals surface area contributed by atoms with E-state index in [-0.39, 0.29) is 13.0 Å². The largest absolute Gasteiger partial charge is 0.493 e. The van der Waals surface area contributed by atoms with E-state index in [1.165, 1.54) is 14.2 Å². The summed E-state index contributed by atoms with van der Waals surface area (Å²) < 4.78 is 21.5. The van der Waals surface area contributed by atoms with Gasteiger partial charge in [-0.1, -0.05) is 36.4 Å². The van der Waals surface area contributed by atoms with Crippen LogP contribution in [0.15, 0.2) is 48.5 Å². The molecule has 0 aliphatic carbocycles. The predicted octanol–water partition coefficient (Wildman–Crippen LogP) is 0.284. The molecule has 1 aliphatic rings. The maximum Gasteiger partial charge on any atom is 0.328 e. The number of benzene rings is 2. The van der Waals surface area contributed by atoms with Crippen molar-refractivity contribution in [3.8, 4) is 11.5 Å². The van der Waals surface area contributed by atoms with E-state index in [0.29, 0.717) is 50.0 Å². The number of hydrogen-bond donors (Lipinski definition) is 3. The molecule has 3 rings (SSSR count). The Kier molecular flexibility index (Phi) is 11.3. The fourth-order valence-corrected chi connectivity index (χ4v) is 3.94. The molecule has 2 aromatic carbocycles. The highest BCUT2D eigenvalue weighted by molar-refractivity contribution is 5.91. The molecular weight excluding hydrogens is 494 g/mol. The summed E-state index contributed by atoms with van der Waals surface area (Å²) >= 11 is 0. The summed E-state index contributed by atoms with van der Waals surface area (Å²) in [4.78, 5) is 39.7. The molecule has 11 heteroatoms. The molecule has 1 fully saturated rings. The number of nitrogens with one attached hydrogen (secondary N) is 2. The third-order valence-electron chi connectivity index (χ3n) is 6.01. The number of rotatable bonds is 13. The lowest BCUT2D eigenvalue weighted by molar-refractivity contribution is -0.145. The van der Waals surface area contributed by atoms with E-state index in [1.54, 1.807) is 18.2 Å².